The first kappa shape index (κ1) is 28.3. The number of carbonyl (C=O) groups excluding carboxylic acids is 2. The highest BCUT2D eigenvalue weighted by Gasteiger charge is 2.33. The molecule has 1 aromatic carbocycles. The zero-order chi connectivity index (χ0) is 24.5. The van der Waals surface area contributed by atoms with Gasteiger partial charge in [0.1, 0.15) is 23.6 Å². The summed E-state index contributed by atoms with van der Waals surface area (Å²) >= 11 is 5.99. The van der Waals surface area contributed by atoms with Gasteiger partial charge in [-0.3, -0.25) is 9.59 Å². The Morgan fingerprint density at radius 1 is 1.00 bits per heavy atom. The lowest BCUT2D eigenvalue weighted by atomic mass is 9.92. The lowest BCUT2D eigenvalue weighted by Gasteiger charge is -2.32. The van der Waals surface area contributed by atoms with Gasteiger partial charge in [0, 0.05) is 5.02 Å². The average molecular weight is 469 g/mol. The first-order valence-corrected chi connectivity index (χ1v) is 12.1. The van der Waals surface area contributed by atoms with Crippen LogP contribution in [0.25, 0.3) is 0 Å². The number of benzene rings is 1. The molecule has 0 amide bonds. The Morgan fingerprint density at radius 3 is 2.03 bits per heavy atom. The second-order valence-electron chi connectivity index (χ2n) is 9.87. The molecule has 0 radical (unpaired) electrons. The van der Waals surface area contributed by atoms with E-state index < -0.39 is 17.6 Å². The first-order valence-electron chi connectivity index (χ1n) is 11.7. The summed E-state index contributed by atoms with van der Waals surface area (Å²) in [6.45, 7) is 15.6. The van der Waals surface area contributed by atoms with Gasteiger partial charge in [0.05, 0.1) is 12.3 Å². The molecule has 0 aliphatic carbocycles. The molecule has 0 heterocycles. The fraction of sp³-hybridized carbons (Fsp3) is 0.692. The van der Waals surface area contributed by atoms with Crippen LogP contribution >= 0.6 is 11.6 Å². The van der Waals surface area contributed by atoms with Crippen molar-refractivity contribution in [3.63, 3.8) is 0 Å². The second-order valence-corrected chi connectivity index (χ2v) is 10.3. The molecule has 0 aromatic heterocycles. The Bertz CT molecular complexity index is 704. The number of hydrogen-bond donors (Lipinski definition) is 0. The van der Waals surface area contributed by atoms with E-state index in [1.807, 2.05) is 53.7 Å². The van der Waals surface area contributed by atoms with Crippen molar-refractivity contribution >= 4 is 23.5 Å². The van der Waals surface area contributed by atoms with Crippen LogP contribution in [0.5, 0.6) is 5.75 Å². The van der Waals surface area contributed by atoms with Crippen molar-refractivity contribution in [2.45, 2.75) is 98.9 Å². The van der Waals surface area contributed by atoms with Crippen molar-refractivity contribution in [1.29, 1.82) is 0 Å². The summed E-state index contributed by atoms with van der Waals surface area (Å²) in [6, 6.07) is 7.18. The smallest absolute Gasteiger partial charge is 0.309 e. The van der Waals surface area contributed by atoms with Gasteiger partial charge in [-0.05, 0) is 83.1 Å². The molecule has 0 aliphatic rings. The molecular formula is C26H41ClO5. The predicted molar refractivity (Wildman–Crippen MR) is 129 cm³/mol. The lowest BCUT2D eigenvalue weighted by molar-refractivity contribution is -0.167. The fourth-order valence-corrected chi connectivity index (χ4v) is 3.89. The molecule has 0 bridgehead atoms. The molecule has 0 aliphatic heterocycles. The van der Waals surface area contributed by atoms with E-state index in [0.717, 1.165) is 12.8 Å². The van der Waals surface area contributed by atoms with Gasteiger partial charge in [-0.2, -0.15) is 0 Å². The van der Waals surface area contributed by atoms with Gasteiger partial charge in [0.25, 0.3) is 0 Å². The number of rotatable bonds is 12. The Labute approximate surface area is 199 Å². The zero-order valence-electron chi connectivity index (χ0n) is 20.9. The predicted octanol–water partition coefficient (Wildman–Crippen LogP) is 6.85. The van der Waals surface area contributed by atoms with Gasteiger partial charge >= 0.3 is 11.9 Å². The largest absolute Gasteiger partial charge is 0.486 e. The molecule has 1 rings (SSSR count). The van der Waals surface area contributed by atoms with E-state index in [2.05, 4.69) is 13.8 Å². The van der Waals surface area contributed by atoms with Crippen molar-refractivity contribution in [3.05, 3.63) is 29.3 Å². The van der Waals surface area contributed by atoms with Crippen LogP contribution in [0.2, 0.25) is 5.02 Å². The monoisotopic (exact) mass is 468 g/mol. The van der Waals surface area contributed by atoms with Crippen LogP contribution in [-0.4, -0.2) is 29.7 Å². The minimum absolute atomic E-state index is 0.00863. The molecule has 32 heavy (non-hydrogen) atoms. The Morgan fingerprint density at radius 2 is 1.56 bits per heavy atom. The van der Waals surface area contributed by atoms with Crippen molar-refractivity contribution in [2.24, 2.45) is 17.8 Å². The number of ether oxygens (including phenoxy) is 3. The highest BCUT2D eigenvalue weighted by molar-refractivity contribution is 6.30. The second kappa shape index (κ2) is 13.1. The van der Waals surface area contributed by atoms with Gasteiger partial charge in [-0.25, -0.2) is 0 Å². The third kappa shape index (κ3) is 10.2. The summed E-state index contributed by atoms with van der Waals surface area (Å²) in [4.78, 5) is 25.5. The van der Waals surface area contributed by atoms with Crippen LogP contribution in [0.3, 0.4) is 0 Å². The fourth-order valence-electron chi connectivity index (χ4n) is 3.76. The van der Waals surface area contributed by atoms with Crippen LogP contribution in [0, 0.1) is 17.8 Å². The molecule has 0 saturated carbocycles. The lowest BCUT2D eigenvalue weighted by Crippen LogP contribution is -2.41. The molecule has 0 N–H and O–H groups in total. The standard InChI is InChI=1S/C26H41ClO5/c1-9-19(10-2)24(31-22-13-11-21(27)12-14-22)18(5)30-25(29)20(15-17(3)4)16-23(28)32-26(6,7)8/h11-14,17-20,24H,9-10,15-16H2,1-8H3/t18-,20+,24+/m0/s1. The molecular weight excluding hydrogens is 428 g/mol. The molecule has 3 atom stereocenters. The van der Waals surface area contributed by atoms with Crippen molar-refractivity contribution in [2.75, 3.05) is 0 Å². The summed E-state index contributed by atoms with van der Waals surface area (Å²) in [7, 11) is 0. The molecule has 6 heteroatoms. The Kier molecular flexibility index (Phi) is 11.6. The molecule has 0 unspecified atom stereocenters. The maximum absolute atomic E-state index is 13.1. The van der Waals surface area contributed by atoms with Crippen LogP contribution in [0.4, 0.5) is 0 Å². The average Bonchev–Trinajstić information content (AvgIpc) is 2.67. The Balaban J connectivity index is 2.97. The van der Waals surface area contributed by atoms with E-state index in [9.17, 15) is 9.59 Å². The van der Waals surface area contributed by atoms with Crippen molar-refractivity contribution in [1.82, 2.24) is 0 Å². The SMILES string of the molecule is CCC(CC)[C@H](Oc1ccc(Cl)cc1)[C@H](C)OC(=O)[C@@H](CC(=O)OC(C)(C)C)CC(C)C. The summed E-state index contributed by atoms with van der Waals surface area (Å²) < 4.78 is 17.6. The van der Waals surface area contributed by atoms with E-state index in [1.165, 1.54) is 0 Å². The molecule has 0 saturated heterocycles. The third-order valence-electron chi connectivity index (χ3n) is 5.29. The van der Waals surface area contributed by atoms with Crippen molar-refractivity contribution in [3.8, 4) is 5.75 Å². The van der Waals surface area contributed by atoms with Crippen LogP contribution < -0.4 is 4.74 Å². The van der Waals surface area contributed by atoms with Crippen molar-refractivity contribution < 1.29 is 23.8 Å². The maximum Gasteiger partial charge on any atom is 0.309 e. The first-order chi connectivity index (χ1) is 14.9. The summed E-state index contributed by atoms with van der Waals surface area (Å²) in [5.74, 6) is -0.186. The summed E-state index contributed by atoms with van der Waals surface area (Å²) in [6.07, 6.45) is 1.56. The normalized spacial score (nSPS) is 14.7. The minimum atomic E-state index is -0.594. The van der Waals surface area contributed by atoms with Gasteiger partial charge in [0.15, 0.2) is 0 Å². The number of esters is 2. The molecule has 0 fully saturated rings. The van der Waals surface area contributed by atoms with E-state index in [0.29, 0.717) is 17.2 Å². The molecule has 1 aromatic rings. The minimum Gasteiger partial charge on any atom is -0.486 e. The van der Waals surface area contributed by atoms with Gasteiger partial charge in [-0.15, -0.1) is 0 Å². The number of hydrogen-bond acceptors (Lipinski definition) is 5. The summed E-state index contributed by atoms with van der Waals surface area (Å²) in [5, 5.41) is 0.634. The maximum atomic E-state index is 13.1. The van der Waals surface area contributed by atoms with E-state index in [-0.39, 0.29) is 36.3 Å². The van der Waals surface area contributed by atoms with Gasteiger partial charge in [0.2, 0.25) is 0 Å². The molecule has 182 valence electrons. The molecule has 5 nitrogen and oxygen atoms in total. The van der Waals surface area contributed by atoms with E-state index in [1.54, 1.807) is 12.1 Å². The highest BCUT2D eigenvalue weighted by Crippen LogP contribution is 2.27. The van der Waals surface area contributed by atoms with Gasteiger partial charge < -0.3 is 14.2 Å². The molecule has 0 spiro atoms. The highest BCUT2D eigenvalue weighted by atomic mass is 35.5. The topological polar surface area (TPSA) is 61.8 Å². The Hall–Kier alpha value is -1.75. The number of carbonyl (C=O) groups is 2. The zero-order valence-corrected chi connectivity index (χ0v) is 21.7. The van der Waals surface area contributed by atoms with Crippen LogP contribution in [0.1, 0.15) is 81.1 Å². The quantitative estimate of drug-likeness (QED) is 0.314. The van der Waals surface area contributed by atoms with Gasteiger partial charge in [-0.1, -0.05) is 39.3 Å². The van der Waals surface area contributed by atoms with Crippen LogP contribution in [0.15, 0.2) is 24.3 Å². The summed E-state index contributed by atoms with van der Waals surface area (Å²) in [5.41, 5.74) is -0.594. The number of halogens is 1. The van der Waals surface area contributed by atoms with E-state index >= 15 is 0 Å². The van der Waals surface area contributed by atoms with E-state index in [4.69, 9.17) is 25.8 Å². The third-order valence-corrected chi connectivity index (χ3v) is 5.54. The van der Waals surface area contributed by atoms with Crippen LogP contribution in [-0.2, 0) is 19.1 Å².